The number of nitrogens with zero attached hydrogens (tertiary/aromatic N) is 4. The van der Waals surface area contributed by atoms with Crippen molar-refractivity contribution in [3.63, 3.8) is 0 Å². The Balaban J connectivity index is 1.92. The smallest absolute Gasteiger partial charge is 0.161 e. The number of hydrazine groups is 1. The molecule has 4 rings (SSSR count). The van der Waals surface area contributed by atoms with E-state index in [1.54, 1.807) is 17.7 Å². The van der Waals surface area contributed by atoms with Crippen LogP contribution in [0.4, 0.5) is 11.6 Å². The number of nitrogen functional groups attached to an aromatic ring is 1. The van der Waals surface area contributed by atoms with Gasteiger partial charge in [-0.05, 0) is 37.8 Å². The van der Waals surface area contributed by atoms with Crippen molar-refractivity contribution in [2.75, 3.05) is 23.4 Å². The zero-order valence-corrected chi connectivity index (χ0v) is 13.3. The van der Waals surface area contributed by atoms with Gasteiger partial charge in [0.05, 0.1) is 10.2 Å². The van der Waals surface area contributed by atoms with Crippen LogP contribution in [0.3, 0.4) is 0 Å². The van der Waals surface area contributed by atoms with Gasteiger partial charge in [0.2, 0.25) is 0 Å². The zero-order valence-electron chi connectivity index (χ0n) is 12.5. The molecule has 6 nitrogen and oxygen atoms in total. The third-order valence-corrected chi connectivity index (χ3v) is 5.31. The number of fused-ring (bicyclic) bond motifs is 3. The lowest BCUT2D eigenvalue weighted by Gasteiger charge is -2.28. The first-order valence-corrected chi connectivity index (χ1v) is 8.36. The van der Waals surface area contributed by atoms with Gasteiger partial charge in [0.15, 0.2) is 5.82 Å². The first kappa shape index (κ1) is 13.7. The largest absolute Gasteiger partial charge is 0.357 e. The maximum absolute atomic E-state index is 5.56. The van der Waals surface area contributed by atoms with Gasteiger partial charge in [0, 0.05) is 18.5 Å². The van der Waals surface area contributed by atoms with E-state index in [2.05, 4.69) is 33.3 Å². The molecule has 0 radical (unpaired) electrons. The van der Waals surface area contributed by atoms with Gasteiger partial charge in [-0.2, -0.15) is 0 Å². The number of aryl methyl sites for hydroxylation is 1. The van der Waals surface area contributed by atoms with E-state index in [1.165, 1.54) is 24.8 Å². The molecule has 0 spiro atoms. The highest BCUT2D eigenvalue weighted by atomic mass is 32.1. The molecule has 1 aliphatic heterocycles. The van der Waals surface area contributed by atoms with Crippen LogP contribution >= 0.6 is 11.3 Å². The summed E-state index contributed by atoms with van der Waals surface area (Å²) in [6, 6.07) is 2.18. The molecule has 22 heavy (non-hydrogen) atoms. The third-order valence-electron chi connectivity index (χ3n) is 4.23. The Morgan fingerprint density at radius 1 is 1.23 bits per heavy atom. The lowest BCUT2D eigenvalue weighted by Crippen LogP contribution is -2.30. The van der Waals surface area contributed by atoms with Crippen LogP contribution in [0.15, 0.2) is 12.4 Å². The van der Waals surface area contributed by atoms with E-state index >= 15 is 0 Å². The minimum Gasteiger partial charge on any atom is -0.357 e. The summed E-state index contributed by atoms with van der Waals surface area (Å²) in [4.78, 5) is 16.9. The number of pyridine rings is 1. The number of hydrogen-bond donors (Lipinski definition) is 2. The molecule has 0 atom stereocenters. The normalized spacial score (nSPS) is 15.6. The minimum atomic E-state index is 0.659. The average Bonchev–Trinajstić information content (AvgIpc) is 2.94. The number of nitrogens with two attached hydrogens (primary N) is 1. The standard InChI is InChI=1S/C15H18N6S/c1-9-7-10(21-5-3-2-4-6-21)19-15-11(9)12-13(22-15)14(20-16)18-8-17-12/h7-8H,2-6,16H2,1H3,(H,17,18,20). The number of nitrogens with one attached hydrogen (secondary N) is 1. The number of thiophene rings is 1. The molecule has 1 aliphatic rings. The first-order valence-electron chi connectivity index (χ1n) is 7.54. The summed E-state index contributed by atoms with van der Waals surface area (Å²) in [6.07, 6.45) is 5.36. The molecule has 0 aromatic carbocycles. The van der Waals surface area contributed by atoms with Crippen molar-refractivity contribution in [1.29, 1.82) is 0 Å². The molecule has 1 fully saturated rings. The van der Waals surface area contributed by atoms with Crippen LogP contribution in [-0.2, 0) is 0 Å². The second-order valence-corrected chi connectivity index (χ2v) is 6.67. The zero-order chi connectivity index (χ0) is 15.1. The van der Waals surface area contributed by atoms with E-state index in [9.17, 15) is 0 Å². The molecule has 0 saturated carbocycles. The van der Waals surface area contributed by atoms with E-state index in [0.29, 0.717) is 5.82 Å². The molecule has 0 amide bonds. The lowest BCUT2D eigenvalue weighted by atomic mass is 10.1. The molecule has 0 aliphatic carbocycles. The number of anilines is 2. The summed E-state index contributed by atoms with van der Waals surface area (Å²) in [6.45, 7) is 4.32. The van der Waals surface area contributed by atoms with Gasteiger partial charge in [-0.3, -0.25) is 0 Å². The molecule has 3 N–H and O–H groups in total. The predicted octanol–water partition coefficient (Wildman–Crippen LogP) is 2.82. The molecular formula is C15H18N6S. The Kier molecular flexibility index (Phi) is 3.31. The van der Waals surface area contributed by atoms with Crippen molar-refractivity contribution in [2.45, 2.75) is 26.2 Å². The Morgan fingerprint density at radius 2 is 2.05 bits per heavy atom. The highest BCUT2D eigenvalue weighted by Crippen LogP contribution is 2.37. The Hall–Kier alpha value is -1.99. The lowest BCUT2D eigenvalue weighted by molar-refractivity contribution is 0.574. The molecule has 7 heteroatoms. The molecule has 1 saturated heterocycles. The van der Waals surface area contributed by atoms with Crippen LogP contribution in [0.5, 0.6) is 0 Å². The number of hydrogen-bond acceptors (Lipinski definition) is 7. The van der Waals surface area contributed by atoms with Gasteiger partial charge in [-0.1, -0.05) is 0 Å². The molecular weight excluding hydrogens is 296 g/mol. The second kappa shape index (κ2) is 5.33. The van der Waals surface area contributed by atoms with Crippen molar-refractivity contribution in [3.05, 3.63) is 18.0 Å². The molecule has 4 heterocycles. The minimum absolute atomic E-state index is 0.659. The Morgan fingerprint density at radius 3 is 2.82 bits per heavy atom. The van der Waals surface area contributed by atoms with Crippen LogP contribution in [0.1, 0.15) is 24.8 Å². The SMILES string of the molecule is Cc1cc(N2CCCCC2)nc2sc3c(NN)ncnc3c12. The maximum Gasteiger partial charge on any atom is 0.161 e. The fourth-order valence-corrected chi connectivity index (χ4v) is 4.27. The predicted molar refractivity (Wildman–Crippen MR) is 91.3 cm³/mol. The van der Waals surface area contributed by atoms with E-state index in [0.717, 1.165) is 39.3 Å². The van der Waals surface area contributed by atoms with Gasteiger partial charge in [-0.15, -0.1) is 11.3 Å². The Bertz CT molecular complexity index is 837. The molecule has 3 aromatic rings. The monoisotopic (exact) mass is 314 g/mol. The van der Waals surface area contributed by atoms with Crippen LogP contribution in [-0.4, -0.2) is 28.0 Å². The summed E-state index contributed by atoms with van der Waals surface area (Å²) in [5.74, 6) is 7.29. The topological polar surface area (TPSA) is 80.0 Å². The molecule has 114 valence electrons. The summed E-state index contributed by atoms with van der Waals surface area (Å²) >= 11 is 1.60. The molecule has 0 bridgehead atoms. The first-order chi connectivity index (χ1) is 10.8. The van der Waals surface area contributed by atoms with Crippen molar-refractivity contribution in [1.82, 2.24) is 15.0 Å². The highest BCUT2D eigenvalue weighted by molar-refractivity contribution is 7.26. The van der Waals surface area contributed by atoms with Gasteiger partial charge in [0.1, 0.15) is 17.0 Å². The summed E-state index contributed by atoms with van der Waals surface area (Å²) in [7, 11) is 0. The van der Waals surface area contributed by atoms with Crippen LogP contribution in [0.2, 0.25) is 0 Å². The van der Waals surface area contributed by atoms with E-state index < -0.39 is 0 Å². The Labute approximate surface area is 132 Å². The van der Waals surface area contributed by atoms with Gasteiger partial charge in [-0.25, -0.2) is 20.8 Å². The highest BCUT2D eigenvalue weighted by Gasteiger charge is 2.18. The maximum atomic E-state index is 5.56. The fraction of sp³-hybridized carbons (Fsp3) is 0.400. The van der Waals surface area contributed by atoms with E-state index in [4.69, 9.17) is 10.8 Å². The van der Waals surface area contributed by atoms with Crippen molar-refractivity contribution >= 4 is 43.4 Å². The van der Waals surface area contributed by atoms with E-state index in [-0.39, 0.29) is 0 Å². The third kappa shape index (κ3) is 2.08. The van der Waals surface area contributed by atoms with Crippen LogP contribution in [0.25, 0.3) is 20.4 Å². The van der Waals surface area contributed by atoms with Gasteiger partial charge >= 0.3 is 0 Å². The summed E-state index contributed by atoms with van der Waals surface area (Å²) in [5.41, 5.74) is 4.79. The van der Waals surface area contributed by atoms with Gasteiger partial charge < -0.3 is 10.3 Å². The molecule has 0 unspecified atom stereocenters. The van der Waals surface area contributed by atoms with Gasteiger partial charge in [0.25, 0.3) is 0 Å². The second-order valence-electron chi connectivity index (χ2n) is 5.67. The quantitative estimate of drug-likeness (QED) is 0.559. The number of rotatable bonds is 2. The summed E-state index contributed by atoms with van der Waals surface area (Å²) in [5, 5.41) is 1.11. The number of aromatic nitrogens is 3. The number of piperidine rings is 1. The fourth-order valence-electron chi connectivity index (χ4n) is 3.12. The molecule has 3 aromatic heterocycles. The van der Waals surface area contributed by atoms with E-state index in [1.807, 2.05) is 0 Å². The van der Waals surface area contributed by atoms with Crippen LogP contribution < -0.4 is 16.2 Å². The van der Waals surface area contributed by atoms with Crippen molar-refractivity contribution < 1.29 is 0 Å². The van der Waals surface area contributed by atoms with Crippen molar-refractivity contribution in [3.8, 4) is 0 Å². The van der Waals surface area contributed by atoms with Crippen LogP contribution in [0, 0.1) is 6.92 Å². The average molecular weight is 314 g/mol. The summed E-state index contributed by atoms with van der Waals surface area (Å²) < 4.78 is 0.964. The van der Waals surface area contributed by atoms with Crippen molar-refractivity contribution in [2.24, 2.45) is 5.84 Å².